The number of hydrogen-bond donors (Lipinski definition) is 0. The highest BCUT2D eigenvalue weighted by atomic mass is 16.5. The lowest BCUT2D eigenvalue weighted by molar-refractivity contribution is -0.144. The highest BCUT2D eigenvalue weighted by Gasteiger charge is 2.06. The van der Waals surface area contributed by atoms with Crippen molar-refractivity contribution in [2.75, 3.05) is 6.61 Å². The fraction of sp³-hybridized carbons (Fsp3) is 0.667. The highest BCUT2D eigenvalue weighted by Crippen LogP contribution is 2.04. The van der Waals surface area contributed by atoms with E-state index in [0.29, 0.717) is 19.4 Å². The van der Waals surface area contributed by atoms with E-state index >= 15 is 0 Å². The van der Waals surface area contributed by atoms with Crippen LogP contribution in [0.15, 0.2) is 0 Å². The predicted octanol–water partition coefficient (Wildman–Crippen LogP) is 2.09. The molecule has 0 aromatic rings. The van der Waals surface area contributed by atoms with Gasteiger partial charge in [0, 0.05) is 19.3 Å². The van der Waals surface area contributed by atoms with Crippen molar-refractivity contribution in [2.24, 2.45) is 0 Å². The molecule has 0 aliphatic heterocycles. The van der Waals surface area contributed by atoms with Crippen LogP contribution in [0.25, 0.3) is 0 Å². The average molecular weight is 210 g/mol. The van der Waals surface area contributed by atoms with Crippen molar-refractivity contribution in [3.8, 4) is 12.3 Å². The lowest BCUT2D eigenvalue weighted by Gasteiger charge is -2.01. The van der Waals surface area contributed by atoms with Crippen LogP contribution in [0.4, 0.5) is 0 Å². The number of carbonyl (C=O) groups is 2. The molecular formula is C12H18O3. The molecule has 0 amide bonds. The molecule has 0 saturated heterocycles. The van der Waals surface area contributed by atoms with Gasteiger partial charge in [-0.3, -0.25) is 9.59 Å². The van der Waals surface area contributed by atoms with Crippen molar-refractivity contribution >= 4 is 11.8 Å². The number of ketones is 1. The summed E-state index contributed by atoms with van der Waals surface area (Å²) >= 11 is 0. The number of esters is 1. The van der Waals surface area contributed by atoms with Gasteiger partial charge in [0.05, 0.1) is 13.0 Å². The van der Waals surface area contributed by atoms with E-state index in [2.05, 4.69) is 5.92 Å². The zero-order chi connectivity index (χ0) is 11.5. The van der Waals surface area contributed by atoms with Crippen molar-refractivity contribution < 1.29 is 14.3 Å². The number of Topliss-reactive ketones (excluding diaryl/α,β-unsaturated/α-hetero) is 1. The molecule has 0 spiro atoms. The number of ether oxygens (including phenoxy) is 1. The molecule has 0 N–H and O–H groups in total. The maximum atomic E-state index is 11.3. The minimum Gasteiger partial charge on any atom is -0.466 e. The summed E-state index contributed by atoms with van der Waals surface area (Å²) in [5.41, 5.74) is 0. The minimum atomic E-state index is -0.297. The van der Waals surface area contributed by atoms with Gasteiger partial charge in [-0.15, -0.1) is 12.3 Å². The topological polar surface area (TPSA) is 43.4 Å². The van der Waals surface area contributed by atoms with Gasteiger partial charge in [0.2, 0.25) is 0 Å². The summed E-state index contributed by atoms with van der Waals surface area (Å²) in [5.74, 6) is 2.34. The Balaban J connectivity index is 3.41. The van der Waals surface area contributed by atoms with Crippen LogP contribution < -0.4 is 0 Å². The van der Waals surface area contributed by atoms with Gasteiger partial charge in [0.25, 0.3) is 0 Å². The quantitative estimate of drug-likeness (QED) is 0.350. The summed E-state index contributed by atoms with van der Waals surface area (Å²) in [6, 6.07) is 0. The van der Waals surface area contributed by atoms with Crippen LogP contribution in [0.1, 0.15) is 45.4 Å². The maximum absolute atomic E-state index is 11.3. The number of unbranched alkanes of at least 4 members (excludes halogenated alkanes) is 2. The molecule has 0 fully saturated rings. The van der Waals surface area contributed by atoms with E-state index in [4.69, 9.17) is 11.2 Å². The van der Waals surface area contributed by atoms with Gasteiger partial charge in [-0.1, -0.05) is 0 Å². The van der Waals surface area contributed by atoms with E-state index < -0.39 is 0 Å². The Hall–Kier alpha value is -1.30. The first kappa shape index (κ1) is 13.7. The van der Waals surface area contributed by atoms with Crippen LogP contribution >= 0.6 is 0 Å². The number of hydrogen-bond acceptors (Lipinski definition) is 3. The van der Waals surface area contributed by atoms with Gasteiger partial charge >= 0.3 is 5.97 Å². The molecular weight excluding hydrogens is 192 g/mol. The van der Waals surface area contributed by atoms with E-state index in [0.717, 1.165) is 12.8 Å². The molecule has 0 rings (SSSR count). The first-order valence-corrected chi connectivity index (χ1v) is 5.31. The van der Waals surface area contributed by atoms with Crippen LogP contribution in [-0.4, -0.2) is 18.4 Å². The van der Waals surface area contributed by atoms with Crippen LogP contribution in [0.3, 0.4) is 0 Å². The molecule has 0 aliphatic rings. The largest absolute Gasteiger partial charge is 0.466 e. The first-order chi connectivity index (χ1) is 7.20. The third-order valence-electron chi connectivity index (χ3n) is 1.94. The van der Waals surface area contributed by atoms with E-state index in [-0.39, 0.29) is 24.6 Å². The normalized spacial score (nSPS) is 9.33. The number of carbonyl (C=O) groups excluding carboxylic acids is 2. The summed E-state index contributed by atoms with van der Waals surface area (Å²) in [4.78, 5) is 22.2. The molecule has 0 saturated carbocycles. The number of rotatable bonds is 8. The van der Waals surface area contributed by atoms with Crippen molar-refractivity contribution in [2.45, 2.75) is 45.4 Å². The highest BCUT2D eigenvalue weighted by molar-refractivity contribution is 5.82. The fourth-order valence-corrected chi connectivity index (χ4v) is 1.15. The average Bonchev–Trinajstić information content (AvgIpc) is 2.22. The molecule has 0 aliphatic carbocycles. The molecule has 0 bridgehead atoms. The minimum absolute atomic E-state index is 0.111. The maximum Gasteiger partial charge on any atom is 0.306 e. The van der Waals surface area contributed by atoms with Crippen LogP contribution in [0, 0.1) is 12.3 Å². The second kappa shape index (κ2) is 9.26. The molecule has 0 heterocycles. The fourth-order valence-electron chi connectivity index (χ4n) is 1.15. The molecule has 3 nitrogen and oxygen atoms in total. The Kier molecular flexibility index (Phi) is 8.46. The SMILES string of the molecule is C#CCCCCC(=O)CCC(=O)OCC. The van der Waals surface area contributed by atoms with Gasteiger partial charge < -0.3 is 4.74 Å². The monoisotopic (exact) mass is 210 g/mol. The van der Waals surface area contributed by atoms with Crippen LogP contribution in [0.5, 0.6) is 0 Å². The molecule has 84 valence electrons. The van der Waals surface area contributed by atoms with Gasteiger partial charge in [-0.05, 0) is 19.8 Å². The molecule has 0 unspecified atom stereocenters. The Morgan fingerprint density at radius 1 is 1.20 bits per heavy atom. The summed E-state index contributed by atoms with van der Waals surface area (Å²) in [7, 11) is 0. The zero-order valence-corrected chi connectivity index (χ0v) is 9.25. The van der Waals surface area contributed by atoms with Crippen LogP contribution in [-0.2, 0) is 14.3 Å². The van der Waals surface area contributed by atoms with Gasteiger partial charge in [0.15, 0.2) is 0 Å². The van der Waals surface area contributed by atoms with E-state index in [1.54, 1.807) is 6.92 Å². The van der Waals surface area contributed by atoms with Crippen molar-refractivity contribution in [3.63, 3.8) is 0 Å². The molecule has 3 heteroatoms. The van der Waals surface area contributed by atoms with Crippen molar-refractivity contribution in [1.82, 2.24) is 0 Å². The third kappa shape index (κ3) is 9.01. The van der Waals surface area contributed by atoms with E-state index in [1.165, 1.54) is 0 Å². The Morgan fingerprint density at radius 3 is 2.53 bits per heavy atom. The molecule has 0 aromatic carbocycles. The third-order valence-corrected chi connectivity index (χ3v) is 1.94. The standard InChI is InChI=1S/C12H18O3/c1-3-5-6-7-8-11(13)9-10-12(14)15-4-2/h1H,4-10H2,2H3. The van der Waals surface area contributed by atoms with E-state index in [1.807, 2.05) is 0 Å². The molecule has 0 aromatic heterocycles. The first-order valence-electron chi connectivity index (χ1n) is 5.31. The Labute approximate surface area is 91.2 Å². The van der Waals surface area contributed by atoms with E-state index in [9.17, 15) is 9.59 Å². The van der Waals surface area contributed by atoms with Crippen LogP contribution in [0.2, 0.25) is 0 Å². The summed E-state index contributed by atoms with van der Waals surface area (Å²) < 4.78 is 4.72. The zero-order valence-electron chi connectivity index (χ0n) is 9.25. The molecule has 0 atom stereocenters. The van der Waals surface area contributed by atoms with Crippen molar-refractivity contribution in [1.29, 1.82) is 0 Å². The lowest BCUT2D eigenvalue weighted by atomic mass is 10.1. The smallest absolute Gasteiger partial charge is 0.306 e. The van der Waals surface area contributed by atoms with Gasteiger partial charge in [-0.25, -0.2) is 0 Å². The number of terminal acetylenes is 1. The summed E-state index contributed by atoms with van der Waals surface area (Å²) in [6.45, 7) is 2.12. The van der Waals surface area contributed by atoms with Gasteiger partial charge in [0.1, 0.15) is 5.78 Å². The Bertz CT molecular complexity index is 238. The van der Waals surface area contributed by atoms with Gasteiger partial charge in [-0.2, -0.15) is 0 Å². The lowest BCUT2D eigenvalue weighted by Crippen LogP contribution is -2.07. The summed E-state index contributed by atoms with van der Waals surface area (Å²) in [5, 5.41) is 0. The van der Waals surface area contributed by atoms with Crippen molar-refractivity contribution in [3.05, 3.63) is 0 Å². The second-order valence-electron chi connectivity index (χ2n) is 3.25. The second-order valence-corrected chi connectivity index (χ2v) is 3.25. The Morgan fingerprint density at radius 2 is 1.93 bits per heavy atom. The molecule has 15 heavy (non-hydrogen) atoms. The molecule has 0 radical (unpaired) electrons. The summed E-state index contributed by atoms with van der Waals surface area (Å²) in [6.07, 6.45) is 8.48. The predicted molar refractivity (Wildman–Crippen MR) is 58.2 cm³/mol.